The Labute approximate surface area is 166 Å². The zero-order chi connectivity index (χ0) is 20.6. The lowest BCUT2D eigenvalue weighted by Crippen LogP contribution is -2.29. The predicted octanol–water partition coefficient (Wildman–Crippen LogP) is 3.42. The van der Waals surface area contributed by atoms with Gasteiger partial charge in [0.2, 0.25) is 0 Å². The molecule has 0 atom stereocenters. The lowest BCUT2D eigenvalue weighted by molar-refractivity contribution is 0.0642. The number of nitrogens with one attached hydrogen (secondary N) is 1. The Morgan fingerprint density at radius 1 is 0.793 bits per heavy atom. The van der Waals surface area contributed by atoms with Crippen molar-refractivity contribution in [2.45, 2.75) is 11.4 Å². The van der Waals surface area contributed by atoms with Gasteiger partial charge >= 0.3 is 0 Å². The molecule has 0 aromatic heterocycles. The molecule has 3 aromatic rings. The van der Waals surface area contributed by atoms with Gasteiger partial charge in [-0.05, 0) is 54.1 Å². The highest BCUT2D eigenvalue weighted by Gasteiger charge is 2.34. The van der Waals surface area contributed by atoms with Gasteiger partial charge in [-0.15, -0.1) is 0 Å². The lowest BCUT2D eigenvalue weighted by atomic mass is 10.1. The molecule has 2 amide bonds. The minimum Gasteiger partial charge on any atom is -0.280 e. The number of hydrogen-bond donors (Lipinski definition) is 1. The largest absolute Gasteiger partial charge is 0.280 e. The number of imide groups is 1. The number of rotatable bonds is 5. The first-order valence-electron chi connectivity index (χ1n) is 8.68. The molecule has 0 bridgehead atoms. The van der Waals surface area contributed by atoms with E-state index in [1.165, 1.54) is 24.3 Å². The fourth-order valence-electron chi connectivity index (χ4n) is 3.07. The first-order valence-corrected chi connectivity index (χ1v) is 10.2. The Morgan fingerprint density at radius 2 is 1.34 bits per heavy atom. The van der Waals surface area contributed by atoms with E-state index >= 15 is 0 Å². The zero-order valence-corrected chi connectivity index (χ0v) is 15.8. The van der Waals surface area contributed by atoms with E-state index in [4.69, 9.17) is 0 Å². The van der Waals surface area contributed by atoms with Gasteiger partial charge in [-0.2, -0.15) is 0 Å². The van der Waals surface area contributed by atoms with Crippen molar-refractivity contribution in [3.63, 3.8) is 0 Å². The van der Waals surface area contributed by atoms with Crippen molar-refractivity contribution in [3.05, 3.63) is 95.3 Å². The van der Waals surface area contributed by atoms with Gasteiger partial charge in [0, 0.05) is 5.69 Å². The van der Waals surface area contributed by atoms with E-state index in [0.717, 1.165) is 17.0 Å². The Bertz CT molecular complexity index is 1170. The molecular formula is C21H15FN2O4S. The van der Waals surface area contributed by atoms with Crippen LogP contribution >= 0.6 is 0 Å². The molecule has 0 saturated carbocycles. The van der Waals surface area contributed by atoms with Crippen LogP contribution in [-0.4, -0.2) is 25.1 Å². The molecule has 1 N–H and O–H groups in total. The van der Waals surface area contributed by atoms with E-state index in [0.29, 0.717) is 16.7 Å². The second-order valence-electron chi connectivity index (χ2n) is 6.50. The molecule has 1 aliphatic rings. The molecule has 0 saturated heterocycles. The number of sulfonamides is 1. The number of anilines is 1. The molecule has 0 radical (unpaired) electrons. The monoisotopic (exact) mass is 410 g/mol. The lowest BCUT2D eigenvalue weighted by Gasteiger charge is -2.14. The molecular weight excluding hydrogens is 395 g/mol. The van der Waals surface area contributed by atoms with Crippen molar-refractivity contribution in [2.24, 2.45) is 0 Å². The Kier molecular flexibility index (Phi) is 4.63. The summed E-state index contributed by atoms with van der Waals surface area (Å²) in [6.45, 7) is 0.0397. The van der Waals surface area contributed by atoms with Crippen molar-refractivity contribution >= 4 is 27.5 Å². The quantitative estimate of drug-likeness (QED) is 0.654. The van der Waals surface area contributed by atoms with Gasteiger partial charge in [-0.3, -0.25) is 19.2 Å². The van der Waals surface area contributed by atoms with E-state index in [-0.39, 0.29) is 28.9 Å². The van der Waals surface area contributed by atoms with Gasteiger partial charge in [-0.25, -0.2) is 12.8 Å². The van der Waals surface area contributed by atoms with Crippen LogP contribution < -0.4 is 4.72 Å². The van der Waals surface area contributed by atoms with Crippen LogP contribution in [-0.2, 0) is 16.6 Å². The maximum atomic E-state index is 13.0. The van der Waals surface area contributed by atoms with Crippen molar-refractivity contribution in [3.8, 4) is 0 Å². The molecule has 8 heteroatoms. The Hall–Kier alpha value is -3.52. The Morgan fingerprint density at radius 3 is 1.90 bits per heavy atom. The molecule has 1 aliphatic heterocycles. The maximum absolute atomic E-state index is 13.0. The third-order valence-electron chi connectivity index (χ3n) is 4.55. The molecule has 1 heterocycles. The minimum absolute atomic E-state index is 0.00735. The molecule has 146 valence electrons. The summed E-state index contributed by atoms with van der Waals surface area (Å²) in [5.41, 5.74) is 1.57. The van der Waals surface area contributed by atoms with Crippen LogP contribution in [0.15, 0.2) is 77.7 Å². The number of hydrogen-bond acceptors (Lipinski definition) is 4. The minimum atomic E-state index is -3.86. The number of halogens is 1. The summed E-state index contributed by atoms with van der Waals surface area (Å²) in [4.78, 5) is 26.0. The van der Waals surface area contributed by atoms with E-state index in [2.05, 4.69) is 4.72 Å². The first-order chi connectivity index (χ1) is 13.8. The smallest absolute Gasteiger partial charge is 0.261 e. The number of amides is 2. The molecule has 29 heavy (non-hydrogen) atoms. The fourth-order valence-corrected chi connectivity index (χ4v) is 4.13. The van der Waals surface area contributed by atoms with Crippen LogP contribution in [0.5, 0.6) is 0 Å². The fraction of sp³-hybridized carbons (Fsp3) is 0.0476. The van der Waals surface area contributed by atoms with Crippen LogP contribution in [0.25, 0.3) is 0 Å². The summed E-state index contributed by atoms with van der Waals surface area (Å²) in [5.74, 6) is -1.22. The number of fused-ring (bicyclic) bond motifs is 1. The molecule has 6 nitrogen and oxygen atoms in total. The zero-order valence-electron chi connectivity index (χ0n) is 15.0. The van der Waals surface area contributed by atoms with Crippen molar-refractivity contribution in [2.75, 3.05) is 4.72 Å². The summed E-state index contributed by atoms with van der Waals surface area (Å²) < 4.78 is 40.3. The van der Waals surface area contributed by atoms with Crippen LogP contribution in [0.2, 0.25) is 0 Å². The van der Waals surface area contributed by atoms with Crippen LogP contribution in [0, 0.1) is 5.82 Å². The normalized spacial score (nSPS) is 13.5. The topological polar surface area (TPSA) is 83.6 Å². The van der Waals surface area contributed by atoms with E-state index in [1.54, 1.807) is 36.4 Å². The van der Waals surface area contributed by atoms with Crippen LogP contribution in [0.4, 0.5) is 10.1 Å². The van der Waals surface area contributed by atoms with Gasteiger partial charge in [0.1, 0.15) is 5.82 Å². The SMILES string of the molecule is O=C1c2ccccc2C(=O)N1Cc1ccc(S(=O)(=O)Nc2ccc(F)cc2)cc1. The van der Waals surface area contributed by atoms with Crippen molar-refractivity contribution < 1.29 is 22.4 Å². The summed E-state index contributed by atoms with van der Waals surface area (Å²) >= 11 is 0. The third-order valence-corrected chi connectivity index (χ3v) is 5.95. The first kappa shape index (κ1) is 18.8. The summed E-state index contributed by atoms with van der Waals surface area (Å²) in [5, 5.41) is 0. The molecule has 0 unspecified atom stereocenters. The highest BCUT2D eigenvalue weighted by atomic mass is 32.2. The summed E-state index contributed by atoms with van der Waals surface area (Å²) in [6.07, 6.45) is 0. The number of benzene rings is 3. The van der Waals surface area contributed by atoms with E-state index in [1.807, 2.05) is 0 Å². The van der Waals surface area contributed by atoms with E-state index < -0.39 is 15.8 Å². The third kappa shape index (κ3) is 3.62. The molecule has 0 spiro atoms. The number of nitrogens with zero attached hydrogens (tertiary/aromatic N) is 1. The van der Waals surface area contributed by atoms with Gasteiger partial charge in [0.25, 0.3) is 21.8 Å². The van der Waals surface area contributed by atoms with Crippen molar-refractivity contribution in [1.29, 1.82) is 0 Å². The predicted molar refractivity (Wildman–Crippen MR) is 104 cm³/mol. The summed E-state index contributed by atoms with van der Waals surface area (Å²) in [7, 11) is -3.86. The van der Waals surface area contributed by atoms with Gasteiger partial charge in [0.05, 0.1) is 22.6 Å². The highest BCUT2D eigenvalue weighted by molar-refractivity contribution is 7.92. The van der Waals surface area contributed by atoms with Gasteiger partial charge < -0.3 is 0 Å². The summed E-state index contributed by atoms with van der Waals surface area (Å²) in [6, 6.07) is 17.4. The number of carbonyl (C=O) groups is 2. The number of carbonyl (C=O) groups excluding carboxylic acids is 2. The van der Waals surface area contributed by atoms with Crippen molar-refractivity contribution in [1.82, 2.24) is 4.90 Å². The highest BCUT2D eigenvalue weighted by Crippen LogP contribution is 2.25. The van der Waals surface area contributed by atoms with Crippen LogP contribution in [0.3, 0.4) is 0 Å². The average Bonchev–Trinajstić information content (AvgIpc) is 2.95. The maximum Gasteiger partial charge on any atom is 0.261 e. The molecule has 0 aliphatic carbocycles. The molecule has 0 fully saturated rings. The van der Waals surface area contributed by atoms with E-state index in [9.17, 15) is 22.4 Å². The average molecular weight is 410 g/mol. The van der Waals surface area contributed by atoms with Gasteiger partial charge in [0.15, 0.2) is 0 Å². The molecule has 3 aromatic carbocycles. The van der Waals surface area contributed by atoms with Gasteiger partial charge in [-0.1, -0.05) is 24.3 Å². The van der Waals surface area contributed by atoms with Crippen LogP contribution in [0.1, 0.15) is 26.3 Å². The Balaban J connectivity index is 1.50. The standard InChI is InChI=1S/C21H15FN2O4S/c22-15-7-9-16(10-8-15)23-29(27,28)17-11-5-14(6-12-17)13-24-20(25)18-3-1-2-4-19(18)21(24)26/h1-12,23H,13H2. The molecule has 4 rings (SSSR count). The second kappa shape index (κ2) is 7.14. The second-order valence-corrected chi connectivity index (χ2v) is 8.18.